The summed E-state index contributed by atoms with van der Waals surface area (Å²) in [6.45, 7) is 6.39. The number of benzene rings is 2. The highest BCUT2D eigenvalue weighted by atomic mass is 16.2. The first kappa shape index (κ1) is 21.1. The van der Waals surface area contributed by atoms with Gasteiger partial charge in [-0.3, -0.25) is 14.5 Å². The van der Waals surface area contributed by atoms with Crippen LogP contribution in [-0.2, 0) is 16.0 Å². The highest BCUT2D eigenvalue weighted by Gasteiger charge is 2.22. The van der Waals surface area contributed by atoms with Gasteiger partial charge in [0, 0.05) is 5.69 Å². The van der Waals surface area contributed by atoms with Crippen molar-refractivity contribution < 1.29 is 9.59 Å². The van der Waals surface area contributed by atoms with Crippen LogP contribution in [-0.4, -0.2) is 36.9 Å². The second kappa shape index (κ2) is 9.23. The summed E-state index contributed by atoms with van der Waals surface area (Å²) in [7, 11) is 1.79. The van der Waals surface area contributed by atoms with Crippen molar-refractivity contribution in [2.45, 2.75) is 46.1 Å². The van der Waals surface area contributed by atoms with E-state index in [1.54, 1.807) is 11.9 Å². The Morgan fingerprint density at radius 2 is 1.69 bits per heavy atom. The van der Waals surface area contributed by atoms with Crippen LogP contribution >= 0.6 is 0 Å². The van der Waals surface area contributed by atoms with Gasteiger partial charge < -0.3 is 10.6 Å². The summed E-state index contributed by atoms with van der Waals surface area (Å²) in [5.74, 6) is -0.164. The molecule has 2 aromatic rings. The summed E-state index contributed by atoms with van der Waals surface area (Å²) in [6, 6.07) is 12.5. The van der Waals surface area contributed by atoms with E-state index in [9.17, 15) is 9.59 Å². The average Bonchev–Trinajstić information content (AvgIpc) is 2.64. The fourth-order valence-corrected chi connectivity index (χ4v) is 4.25. The first-order valence-corrected chi connectivity index (χ1v) is 10.3. The van der Waals surface area contributed by atoms with E-state index in [1.165, 1.54) is 16.7 Å². The summed E-state index contributed by atoms with van der Waals surface area (Å²) in [5.41, 5.74) is 6.67. The van der Waals surface area contributed by atoms with E-state index in [2.05, 4.69) is 34.9 Å². The smallest absolute Gasteiger partial charge is 0.238 e. The lowest BCUT2D eigenvalue weighted by molar-refractivity contribution is -0.123. The molecule has 29 heavy (non-hydrogen) atoms. The third kappa shape index (κ3) is 5.45. The van der Waals surface area contributed by atoms with Crippen LogP contribution in [0.15, 0.2) is 36.4 Å². The van der Waals surface area contributed by atoms with Gasteiger partial charge in [0.25, 0.3) is 0 Å². The van der Waals surface area contributed by atoms with Crippen LogP contribution in [0.3, 0.4) is 0 Å². The molecule has 0 spiro atoms. The maximum absolute atomic E-state index is 12.5. The normalized spacial score (nSPS) is 15.7. The molecular formula is C24H31N3O2. The number of aryl methyl sites for hydroxylation is 4. The van der Waals surface area contributed by atoms with Crippen molar-refractivity contribution in [2.75, 3.05) is 25.5 Å². The van der Waals surface area contributed by atoms with E-state index >= 15 is 0 Å². The van der Waals surface area contributed by atoms with E-state index in [1.807, 2.05) is 32.9 Å². The van der Waals surface area contributed by atoms with Crippen LogP contribution in [0.5, 0.6) is 0 Å². The number of anilines is 1. The molecule has 0 aliphatic heterocycles. The fraction of sp³-hybridized carbons (Fsp3) is 0.417. The lowest BCUT2D eigenvalue weighted by atomic mass is 9.88. The lowest BCUT2D eigenvalue weighted by Gasteiger charge is -2.27. The van der Waals surface area contributed by atoms with E-state index in [0.29, 0.717) is 0 Å². The SMILES string of the molecule is Cc1cc(C)c(NC(=O)CN(C)CC(=O)NC2CCCc3ccccc32)c(C)c1. The Bertz CT molecular complexity index is 884. The zero-order valence-corrected chi connectivity index (χ0v) is 17.8. The predicted molar refractivity (Wildman–Crippen MR) is 117 cm³/mol. The first-order valence-electron chi connectivity index (χ1n) is 10.3. The Balaban J connectivity index is 1.52. The molecule has 1 unspecified atom stereocenters. The van der Waals surface area contributed by atoms with Gasteiger partial charge >= 0.3 is 0 Å². The van der Waals surface area contributed by atoms with E-state index in [4.69, 9.17) is 0 Å². The Morgan fingerprint density at radius 3 is 2.41 bits per heavy atom. The molecule has 0 aromatic heterocycles. The summed E-state index contributed by atoms with van der Waals surface area (Å²) in [5, 5.41) is 6.13. The minimum Gasteiger partial charge on any atom is -0.348 e. The number of fused-ring (bicyclic) bond motifs is 1. The van der Waals surface area contributed by atoms with Crippen molar-refractivity contribution in [1.82, 2.24) is 10.2 Å². The third-order valence-electron chi connectivity index (χ3n) is 5.47. The Hall–Kier alpha value is -2.66. The van der Waals surface area contributed by atoms with Gasteiger partial charge in [-0.15, -0.1) is 0 Å². The number of nitrogens with one attached hydrogen (secondary N) is 2. The molecule has 2 aromatic carbocycles. The number of likely N-dealkylation sites (N-methyl/N-ethyl adjacent to an activating group) is 1. The van der Waals surface area contributed by atoms with E-state index in [0.717, 1.165) is 36.1 Å². The van der Waals surface area contributed by atoms with Crippen molar-refractivity contribution in [2.24, 2.45) is 0 Å². The van der Waals surface area contributed by atoms with Gasteiger partial charge in [-0.25, -0.2) is 0 Å². The molecule has 0 saturated carbocycles. The van der Waals surface area contributed by atoms with E-state index < -0.39 is 0 Å². The number of nitrogens with zero attached hydrogens (tertiary/aromatic N) is 1. The number of hydrogen-bond donors (Lipinski definition) is 2. The molecule has 2 amide bonds. The largest absolute Gasteiger partial charge is 0.348 e. The molecule has 2 N–H and O–H groups in total. The molecule has 0 radical (unpaired) electrons. The molecule has 0 fully saturated rings. The molecule has 1 aliphatic rings. The molecule has 1 atom stereocenters. The standard InChI is InChI=1S/C24H31N3O2/c1-16-12-17(2)24(18(3)13-16)26-23(29)15-27(4)14-22(28)25-21-11-7-9-19-8-5-6-10-20(19)21/h5-6,8,10,12-13,21H,7,9,11,14-15H2,1-4H3,(H,25,28)(H,26,29). The molecule has 3 rings (SSSR count). The maximum atomic E-state index is 12.5. The van der Waals surface area contributed by atoms with Gasteiger partial charge in [-0.05, 0) is 69.3 Å². The summed E-state index contributed by atoms with van der Waals surface area (Å²) in [6.07, 6.45) is 3.11. The molecule has 154 valence electrons. The number of amides is 2. The minimum atomic E-state index is -0.113. The number of rotatable bonds is 6. The topological polar surface area (TPSA) is 61.4 Å². The van der Waals surface area contributed by atoms with E-state index in [-0.39, 0.29) is 30.9 Å². The van der Waals surface area contributed by atoms with Gasteiger partial charge in [-0.1, -0.05) is 42.0 Å². The molecule has 5 heteroatoms. The maximum Gasteiger partial charge on any atom is 0.238 e. The van der Waals surface area contributed by atoms with Gasteiger partial charge in [0.05, 0.1) is 19.1 Å². The second-order valence-corrected chi connectivity index (χ2v) is 8.21. The number of carbonyl (C=O) groups excluding carboxylic acids is 2. The zero-order valence-electron chi connectivity index (χ0n) is 17.8. The quantitative estimate of drug-likeness (QED) is 0.787. The molecule has 0 saturated heterocycles. The number of hydrogen-bond acceptors (Lipinski definition) is 3. The average molecular weight is 394 g/mol. The highest BCUT2D eigenvalue weighted by molar-refractivity contribution is 5.94. The van der Waals surface area contributed by atoms with Gasteiger partial charge in [-0.2, -0.15) is 0 Å². The van der Waals surface area contributed by atoms with Gasteiger partial charge in [0.2, 0.25) is 11.8 Å². The first-order chi connectivity index (χ1) is 13.8. The molecular weight excluding hydrogens is 362 g/mol. The Kier molecular flexibility index (Phi) is 6.70. The Labute approximate surface area is 173 Å². The monoisotopic (exact) mass is 393 g/mol. The van der Waals surface area contributed by atoms with Crippen molar-refractivity contribution in [3.63, 3.8) is 0 Å². The van der Waals surface area contributed by atoms with Crippen LogP contribution < -0.4 is 10.6 Å². The Morgan fingerprint density at radius 1 is 1.03 bits per heavy atom. The van der Waals surface area contributed by atoms with Gasteiger partial charge in [0.15, 0.2) is 0 Å². The summed E-state index contributed by atoms with van der Waals surface area (Å²) < 4.78 is 0. The van der Waals surface area contributed by atoms with Crippen molar-refractivity contribution in [3.8, 4) is 0 Å². The summed E-state index contributed by atoms with van der Waals surface area (Å²) in [4.78, 5) is 26.7. The molecule has 0 heterocycles. The lowest BCUT2D eigenvalue weighted by Crippen LogP contribution is -2.40. The van der Waals surface area contributed by atoms with Crippen molar-refractivity contribution in [3.05, 3.63) is 64.2 Å². The number of carbonyl (C=O) groups is 2. The van der Waals surface area contributed by atoms with Crippen molar-refractivity contribution >= 4 is 17.5 Å². The highest BCUT2D eigenvalue weighted by Crippen LogP contribution is 2.29. The van der Waals surface area contributed by atoms with Crippen LogP contribution in [0.25, 0.3) is 0 Å². The van der Waals surface area contributed by atoms with Crippen LogP contribution in [0.2, 0.25) is 0 Å². The van der Waals surface area contributed by atoms with Crippen LogP contribution in [0.4, 0.5) is 5.69 Å². The second-order valence-electron chi connectivity index (χ2n) is 8.21. The minimum absolute atomic E-state index is 0.0512. The fourth-order valence-electron chi connectivity index (χ4n) is 4.25. The van der Waals surface area contributed by atoms with Crippen LogP contribution in [0, 0.1) is 20.8 Å². The molecule has 0 bridgehead atoms. The van der Waals surface area contributed by atoms with Crippen LogP contribution in [0.1, 0.15) is 46.7 Å². The molecule has 5 nitrogen and oxygen atoms in total. The summed E-state index contributed by atoms with van der Waals surface area (Å²) >= 11 is 0. The molecule has 1 aliphatic carbocycles. The van der Waals surface area contributed by atoms with Crippen molar-refractivity contribution in [1.29, 1.82) is 0 Å². The third-order valence-corrected chi connectivity index (χ3v) is 5.47. The zero-order chi connectivity index (χ0) is 21.0. The predicted octanol–water partition coefficient (Wildman–Crippen LogP) is 3.68. The van der Waals surface area contributed by atoms with Gasteiger partial charge in [0.1, 0.15) is 0 Å².